The molecule has 1 fully saturated rings. The van der Waals surface area contributed by atoms with Gasteiger partial charge in [0.15, 0.2) is 0 Å². The lowest BCUT2D eigenvalue weighted by atomic mass is 9.96. The number of hydrogen-bond acceptors (Lipinski definition) is 4. The first-order valence-corrected chi connectivity index (χ1v) is 8.91. The second kappa shape index (κ2) is 7.12. The fraction of sp³-hybridized carbons (Fsp3) is 0.0870. The first-order chi connectivity index (χ1) is 13.6. The summed E-state index contributed by atoms with van der Waals surface area (Å²) in [6.45, 7) is 1.94. The minimum Gasteiger partial charge on any atom is -0.507 e. The zero-order valence-corrected chi connectivity index (χ0v) is 15.2. The Hall–Kier alpha value is -3.73. The molecule has 4 rings (SSSR count). The number of anilines is 1. The molecule has 0 spiro atoms. The molecule has 5 heteroatoms. The van der Waals surface area contributed by atoms with E-state index in [0.717, 1.165) is 5.56 Å². The average Bonchev–Trinajstić information content (AvgIpc) is 3.00. The highest BCUT2D eigenvalue weighted by Gasteiger charge is 2.46. The standard InChI is InChI=1S/C23H18N2O3/c1-15-9-11-16(12-10-15)21(26)19-20(17-6-5-13-24-14-17)25(23(28)22(19)27)18-7-3-2-4-8-18/h2-14,20,26H,1H3/b21-19-. The van der Waals surface area contributed by atoms with Crippen molar-refractivity contribution in [3.8, 4) is 0 Å². The molecule has 2 aromatic carbocycles. The molecule has 1 N–H and O–H groups in total. The monoisotopic (exact) mass is 370 g/mol. The van der Waals surface area contributed by atoms with Gasteiger partial charge in [0.1, 0.15) is 5.76 Å². The number of nitrogens with zero attached hydrogens (tertiary/aromatic N) is 2. The molecule has 0 bridgehead atoms. The van der Waals surface area contributed by atoms with E-state index in [-0.39, 0.29) is 11.3 Å². The van der Waals surface area contributed by atoms with E-state index in [1.54, 1.807) is 60.9 Å². The summed E-state index contributed by atoms with van der Waals surface area (Å²) in [7, 11) is 0. The van der Waals surface area contributed by atoms with Gasteiger partial charge in [-0.2, -0.15) is 0 Å². The SMILES string of the molecule is Cc1ccc(/C(O)=C2/C(=O)C(=O)N(c3ccccc3)C2c2cccnc2)cc1. The lowest BCUT2D eigenvalue weighted by Gasteiger charge is -2.25. The third kappa shape index (κ3) is 2.97. The smallest absolute Gasteiger partial charge is 0.300 e. The quantitative estimate of drug-likeness (QED) is 0.429. The number of aromatic nitrogens is 1. The molecule has 3 aromatic rings. The van der Waals surface area contributed by atoms with E-state index in [1.165, 1.54) is 4.90 Å². The largest absolute Gasteiger partial charge is 0.507 e. The number of ketones is 1. The van der Waals surface area contributed by atoms with Crippen molar-refractivity contribution in [1.29, 1.82) is 0 Å². The van der Waals surface area contributed by atoms with Gasteiger partial charge in [-0.05, 0) is 30.7 Å². The maximum atomic E-state index is 12.9. The lowest BCUT2D eigenvalue weighted by Crippen LogP contribution is -2.29. The Kier molecular flexibility index (Phi) is 4.49. The number of amides is 1. The maximum Gasteiger partial charge on any atom is 0.300 e. The number of aliphatic hydroxyl groups excluding tert-OH is 1. The van der Waals surface area contributed by atoms with Crippen LogP contribution in [0.4, 0.5) is 5.69 Å². The molecule has 138 valence electrons. The van der Waals surface area contributed by atoms with Gasteiger partial charge in [0.25, 0.3) is 11.7 Å². The van der Waals surface area contributed by atoms with Crippen molar-refractivity contribution < 1.29 is 14.7 Å². The van der Waals surface area contributed by atoms with Crippen molar-refractivity contribution in [1.82, 2.24) is 4.98 Å². The number of carbonyl (C=O) groups is 2. The summed E-state index contributed by atoms with van der Waals surface area (Å²) < 4.78 is 0. The maximum absolute atomic E-state index is 12.9. The van der Waals surface area contributed by atoms with Crippen LogP contribution in [0.2, 0.25) is 0 Å². The summed E-state index contributed by atoms with van der Waals surface area (Å²) in [4.78, 5) is 31.4. The van der Waals surface area contributed by atoms with Crippen LogP contribution in [0.1, 0.15) is 22.7 Å². The minimum absolute atomic E-state index is 0.0608. The molecule has 1 atom stereocenters. The molecule has 0 saturated carbocycles. The van der Waals surface area contributed by atoms with Crippen molar-refractivity contribution in [3.05, 3.63) is 101 Å². The average molecular weight is 370 g/mol. The molecule has 2 heterocycles. The highest BCUT2D eigenvalue weighted by atomic mass is 16.3. The van der Waals surface area contributed by atoms with E-state index < -0.39 is 17.7 Å². The number of rotatable bonds is 3. The van der Waals surface area contributed by atoms with Crippen LogP contribution in [0.5, 0.6) is 0 Å². The number of benzene rings is 2. The van der Waals surface area contributed by atoms with Gasteiger partial charge in [0, 0.05) is 23.6 Å². The number of hydrogen-bond donors (Lipinski definition) is 1. The van der Waals surface area contributed by atoms with E-state index in [9.17, 15) is 14.7 Å². The summed E-state index contributed by atoms with van der Waals surface area (Å²) in [5, 5.41) is 11.0. The van der Waals surface area contributed by atoms with Gasteiger partial charge in [-0.15, -0.1) is 0 Å². The van der Waals surface area contributed by atoms with Crippen LogP contribution in [0.15, 0.2) is 84.7 Å². The van der Waals surface area contributed by atoms with Gasteiger partial charge in [-0.1, -0.05) is 54.1 Å². The third-order valence-electron chi connectivity index (χ3n) is 4.80. The minimum atomic E-state index is -0.752. The van der Waals surface area contributed by atoms with Gasteiger partial charge in [-0.25, -0.2) is 0 Å². The molecule has 1 saturated heterocycles. The fourth-order valence-corrected chi connectivity index (χ4v) is 3.41. The van der Waals surface area contributed by atoms with Crippen molar-refractivity contribution in [2.24, 2.45) is 0 Å². The topological polar surface area (TPSA) is 70.5 Å². The molecule has 28 heavy (non-hydrogen) atoms. The summed E-state index contributed by atoms with van der Waals surface area (Å²) in [6.07, 6.45) is 3.23. The summed E-state index contributed by atoms with van der Waals surface area (Å²) in [5.74, 6) is -1.57. The van der Waals surface area contributed by atoms with Crippen LogP contribution in [0.25, 0.3) is 5.76 Å². The molecule has 1 unspecified atom stereocenters. The van der Waals surface area contributed by atoms with Crippen LogP contribution in [-0.2, 0) is 9.59 Å². The Morgan fingerprint density at radius 2 is 1.68 bits per heavy atom. The molecule has 0 aliphatic carbocycles. The van der Waals surface area contributed by atoms with Crippen molar-refractivity contribution in [2.75, 3.05) is 4.90 Å². The van der Waals surface area contributed by atoms with Crippen LogP contribution < -0.4 is 4.90 Å². The van der Waals surface area contributed by atoms with Crippen molar-refractivity contribution in [2.45, 2.75) is 13.0 Å². The van der Waals surface area contributed by atoms with Crippen LogP contribution in [-0.4, -0.2) is 21.8 Å². The number of aliphatic hydroxyl groups is 1. The molecule has 0 radical (unpaired) electrons. The molecule has 1 aliphatic rings. The third-order valence-corrected chi connectivity index (χ3v) is 4.80. The number of pyridine rings is 1. The first-order valence-electron chi connectivity index (χ1n) is 8.91. The van der Waals surface area contributed by atoms with Crippen LogP contribution >= 0.6 is 0 Å². The number of carbonyl (C=O) groups excluding carboxylic acids is 2. The number of para-hydroxylation sites is 1. The van der Waals surface area contributed by atoms with E-state index in [2.05, 4.69) is 4.98 Å². The van der Waals surface area contributed by atoms with E-state index in [1.807, 2.05) is 25.1 Å². The summed E-state index contributed by atoms with van der Waals surface area (Å²) in [6, 6.07) is 18.9. The molecule has 1 aromatic heterocycles. The Morgan fingerprint density at radius 1 is 0.964 bits per heavy atom. The molecule has 1 aliphatic heterocycles. The van der Waals surface area contributed by atoms with E-state index >= 15 is 0 Å². The van der Waals surface area contributed by atoms with Gasteiger partial charge >= 0.3 is 0 Å². The number of aryl methyl sites for hydroxylation is 1. The second-order valence-electron chi connectivity index (χ2n) is 6.66. The zero-order valence-electron chi connectivity index (χ0n) is 15.2. The van der Waals surface area contributed by atoms with Crippen LogP contribution in [0.3, 0.4) is 0 Å². The van der Waals surface area contributed by atoms with Gasteiger partial charge in [0.05, 0.1) is 11.6 Å². The predicted molar refractivity (Wildman–Crippen MR) is 107 cm³/mol. The molecule has 1 amide bonds. The predicted octanol–water partition coefficient (Wildman–Crippen LogP) is 4.02. The summed E-state index contributed by atoms with van der Waals surface area (Å²) in [5.41, 5.74) is 2.82. The van der Waals surface area contributed by atoms with Gasteiger partial charge in [-0.3, -0.25) is 19.5 Å². The van der Waals surface area contributed by atoms with Crippen molar-refractivity contribution in [3.63, 3.8) is 0 Å². The molecular weight excluding hydrogens is 352 g/mol. The highest BCUT2D eigenvalue weighted by molar-refractivity contribution is 6.51. The Balaban J connectivity index is 1.94. The van der Waals surface area contributed by atoms with E-state index in [4.69, 9.17) is 0 Å². The van der Waals surface area contributed by atoms with Gasteiger partial charge < -0.3 is 5.11 Å². The van der Waals surface area contributed by atoms with Crippen molar-refractivity contribution >= 4 is 23.1 Å². The molecular formula is C23H18N2O3. The Bertz CT molecular complexity index is 1060. The summed E-state index contributed by atoms with van der Waals surface area (Å²) >= 11 is 0. The first kappa shape index (κ1) is 17.7. The van der Waals surface area contributed by atoms with Crippen LogP contribution in [0, 0.1) is 6.92 Å². The Labute approximate surface area is 162 Å². The normalized spacial score (nSPS) is 18.5. The second-order valence-corrected chi connectivity index (χ2v) is 6.66. The lowest BCUT2D eigenvalue weighted by molar-refractivity contribution is -0.132. The zero-order chi connectivity index (χ0) is 19.7. The fourth-order valence-electron chi connectivity index (χ4n) is 3.41. The number of Topliss-reactive ketones (excluding diaryl/α,β-unsaturated/α-hetero) is 1. The van der Waals surface area contributed by atoms with E-state index in [0.29, 0.717) is 16.8 Å². The highest BCUT2D eigenvalue weighted by Crippen LogP contribution is 2.41. The van der Waals surface area contributed by atoms with Gasteiger partial charge in [0.2, 0.25) is 0 Å². The molecule has 5 nitrogen and oxygen atoms in total. The Morgan fingerprint density at radius 3 is 2.32 bits per heavy atom.